The predicted molar refractivity (Wildman–Crippen MR) is 106 cm³/mol. The molecule has 1 atom stereocenters. The number of carbonyl (C=O) groups excluding carboxylic acids is 1. The molecule has 0 unspecified atom stereocenters. The number of unbranched alkanes of at least 4 members (excludes halogenated alkanes) is 11. The Kier molecular flexibility index (Phi) is 19.2. The highest BCUT2D eigenvalue weighted by Gasteiger charge is 2.11. The Hall–Kier alpha value is -0.610. The number of rotatable bonds is 19. The van der Waals surface area contributed by atoms with E-state index in [9.17, 15) is 9.90 Å². The molecule has 0 radical (unpaired) electrons. The smallest absolute Gasteiger partial charge is 0.220 e. The van der Waals surface area contributed by atoms with E-state index in [0.29, 0.717) is 19.6 Å². The van der Waals surface area contributed by atoms with Gasteiger partial charge in [0.05, 0.1) is 19.3 Å². The standard InChI is InChI=1S/C21H43NO3/c1-3-5-7-8-9-10-11-12-13-14-15-16-21(24)22-20(18-23)19-25-17-6-4-2/h20,23H,3-19H2,1-2H3,(H,22,24)/t20-/m0/s1. The van der Waals surface area contributed by atoms with Crippen LogP contribution in [0.2, 0.25) is 0 Å². The van der Waals surface area contributed by atoms with E-state index in [0.717, 1.165) is 25.7 Å². The molecule has 0 aromatic rings. The fourth-order valence-electron chi connectivity index (χ4n) is 2.86. The van der Waals surface area contributed by atoms with E-state index in [4.69, 9.17) is 4.74 Å². The summed E-state index contributed by atoms with van der Waals surface area (Å²) in [5.41, 5.74) is 0. The zero-order valence-electron chi connectivity index (χ0n) is 16.9. The van der Waals surface area contributed by atoms with Gasteiger partial charge >= 0.3 is 0 Å². The number of ether oxygens (including phenoxy) is 1. The maximum atomic E-state index is 11.9. The van der Waals surface area contributed by atoms with Crippen molar-refractivity contribution in [3.05, 3.63) is 0 Å². The lowest BCUT2D eigenvalue weighted by atomic mass is 10.1. The van der Waals surface area contributed by atoms with Crippen LogP contribution in [0, 0.1) is 0 Å². The van der Waals surface area contributed by atoms with Crippen molar-refractivity contribution in [3.8, 4) is 0 Å². The summed E-state index contributed by atoms with van der Waals surface area (Å²) < 4.78 is 5.46. The Balaban J connectivity index is 3.41. The van der Waals surface area contributed by atoms with Gasteiger partial charge in [0, 0.05) is 13.0 Å². The van der Waals surface area contributed by atoms with E-state index in [1.807, 2.05) is 0 Å². The normalized spacial score (nSPS) is 12.3. The fraction of sp³-hybridized carbons (Fsp3) is 0.952. The third kappa shape index (κ3) is 18.0. The number of nitrogens with one attached hydrogen (secondary N) is 1. The van der Waals surface area contributed by atoms with Crippen LogP contribution in [-0.4, -0.2) is 36.9 Å². The van der Waals surface area contributed by atoms with Crippen LogP contribution >= 0.6 is 0 Å². The number of hydrogen-bond donors (Lipinski definition) is 2. The van der Waals surface area contributed by atoms with Gasteiger partial charge in [0.1, 0.15) is 0 Å². The van der Waals surface area contributed by atoms with Crippen LogP contribution < -0.4 is 5.32 Å². The Labute approximate surface area is 156 Å². The molecule has 0 aliphatic rings. The summed E-state index contributed by atoms with van der Waals surface area (Å²) in [5, 5.41) is 12.2. The molecule has 0 rings (SSSR count). The molecule has 0 aliphatic heterocycles. The van der Waals surface area contributed by atoms with Gasteiger partial charge in [-0.3, -0.25) is 4.79 Å². The largest absolute Gasteiger partial charge is 0.394 e. The lowest BCUT2D eigenvalue weighted by Gasteiger charge is -2.16. The Morgan fingerprint density at radius 3 is 1.88 bits per heavy atom. The molecule has 0 aliphatic carbocycles. The van der Waals surface area contributed by atoms with Crippen LogP contribution in [0.15, 0.2) is 0 Å². The van der Waals surface area contributed by atoms with Gasteiger partial charge in [0.25, 0.3) is 0 Å². The van der Waals surface area contributed by atoms with Crippen LogP contribution in [0.25, 0.3) is 0 Å². The summed E-state index contributed by atoms with van der Waals surface area (Å²) in [5.74, 6) is 0.0362. The second-order valence-corrected chi connectivity index (χ2v) is 7.16. The number of aliphatic hydroxyl groups is 1. The van der Waals surface area contributed by atoms with Crippen LogP contribution in [0.4, 0.5) is 0 Å². The van der Waals surface area contributed by atoms with Crippen LogP contribution in [0.1, 0.15) is 104 Å². The highest BCUT2D eigenvalue weighted by molar-refractivity contribution is 5.76. The molecule has 0 aromatic carbocycles. The van der Waals surface area contributed by atoms with Crippen molar-refractivity contribution in [1.29, 1.82) is 0 Å². The summed E-state index contributed by atoms with van der Waals surface area (Å²) >= 11 is 0. The van der Waals surface area contributed by atoms with E-state index >= 15 is 0 Å². The van der Waals surface area contributed by atoms with Gasteiger partial charge in [0.15, 0.2) is 0 Å². The first-order chi connectivity index (χ1) is 12.2. The molecule has 25 heavy (non-hydrogen) atoms. The maximum absolute atomic E-state index is 11.9. The lowest BCUT2D eigenvalue weighted by molar-refractivity contribution is -0.122. The minimum Gasteiger partial charge on any atom is -0.394 e. The summed E-state index contributed by atoms with van der Waals surface area (Å²) in [6.07, 6.45) is 16.8. The van der Waals surface area contributed by atoms with Gasteiger partial charge in [0.2, 0.25) is 5.91 Å². The molecule has 0 bridgehead atoms. The Morgan fingerprint density at radius 2 is 1.36 bits per heavy atom. The van der Waals surface area contributed by atoms with Crippen molar-refractivity contribution in [2.45, 2.75) is 110 Å². The van der Waals surface area contributed by atoms with E-state index < -0.39 is 0 Å². The molecule has 0 fully saturated rings. The van der Waals surface area contributed by atoms with E-state index in [-0.39, 0.29) is 18.6 Å². The molecule has 2 N–H and O–H groups in total. The number of carbonyl (C=O) groups is 1. The molecule has 0 saturated carbocycles. The van der Waals surface area contributed by atoms with Gasteiger partial charge in [-0.1, -0.05) is 84.5 Å². The molecule has 4 nitrogen and oxygen atoms in total. The summed E-state index contributed by atoms with van der Waals surface area (Å²) in [6, 6.07) is -0.267. The van der Waals surface area contributed by atoms with Gasteiger partial charge < -0.3 is 15.2 Å². The lowest BCUT2D eigenvalue weighted by Crippen LogP contribution is -2.40. The summed E-state index contributed by atoms with van der Waals surface area (Å²) in [6.45, 7) is 5.41. The van der Waals surface area contributed by atoms with Crippen molar-refractivity contribution in [3.63, 3.8) is 0 Å². The minimum atomic E-state index is -0.267. The zero-order valence-corrected chi connectivity index (χ0v) is 16.9. The number of amides is 1. The second kappa shape index (κ2) is 19.7. The van der Waals surface area contributed by atoms with Gasteiger partial charge in [-0.25, -0.2) is 0 Å². The highest BCUT2D eigenvalue weighted by atomic mass is 16.5. The van der Waals surface area contributed by atoms with Gasteiger partial charge in [-0.15, -0.1) is 0 Å². The summed E-state index contributed by atoms with van der Waals surface area (Å²) in [7, 11) is 0. The van der Waals surface area contributed by atoms with Gasteiger partial charge in [-0.2, -0.15) is 0 Å². The fourth-order valence-corrected chi connectivity index (χ4v) is 2.86. The molecule has 0 aromatic heterocycles. The topological polar surface area (TPSA) is 58.6 Å². The van der Waals surface area contributed by atoms with Crippen molar-refractivity contribution in [2.24, 2.45) is 0 Å². The second-order valence-electron chi connectivity index (χ2n) is 7.16. The highest BCUT2D eigenvalue weighted by Crippen LogP contribution is 2.11. The Morgan fingerprint density at radius 1 is 0.840 bits per heavy atom. The van der Waals surface area contributed by atoms with Crippen LogP contribution in [0.3, 0.4) is 0 Å². The molecule has 4 heteroatoms. The maximum Gasteiger partial charge on any atom is 0.220 e. The SMILES string of the molecule is CCCCCCCCCCCCCC(=O)N[C@@H](CO)COCCCC. The predicted octanol–water partition coefficient (Wildman–Crippen LogP) is 4.98. The first kappa shape index (κ1) is 24.4. The monoisotopic (exact) mass is 357 g/mol. The van der Waals surface area contributed by atoms with Crippen molar-refractivity contribution >= 4 is 5.91 Å². The van der Waals surface area contributed by atoms with E-state index in [1.165, 1.54) is 57.8 Å². The third-order valence-corrected chi connectivity index (χ3v) is 4.55. The third-order valence-electron chi connectivity index (χ3n) is 4.55. The average molecular weight is 358 g/mol. The summed E-state index contributed by atoms with van der Waals surface area (Å²) in [4.78, 5) is 11.9. The van der Waals surface area contributed by atoms with E-state index in [2.05, 4.69) is 19.2 Å². The van der Waals surface area contributed by atoms with E-state index in [1.54, 1.807) is 0 Å². The molecule has 0 spiro atoms. The zero-order chi connectivity index (χ0) is 18.6. The quantitative estimate of drug-likeness (QED) is 0.320. The Bertz CT molecular complexity index is 284. The first-order valence-corrected chi connectivity index (χ1v) is 10.7. The molecule has 1 amide bonds. The van der Waals surface area contributed by atoms with Crippen molar-refractivity contribution < 1.29 is 14.6 Å². The molecular weight excluding hydrogens is 314 g/mol. The van der Waals surface area contributed by atoms with Crippen LogP contribution in [0.5, 0.6) is 0 Å². The minimum absolute atomic E-state index is 0.0362. The molecule has 150 valence electrons. The van der Waals surface area contributed by atoms with Crippen LogP contribution in [-0.2, 0) is 9.53 Å². The number of aliphatic hydroxyl groups excluding tert-OH is 1. The van der Waals surface area contributed by atoms with Crippen molar-refractivity contribution in [1.82, 2.24) is 5.32 Å². The van der Waals surface area contributed by atoms with Gasteiger partial charge in [-0.05, 0) is 12.8 Å². The molecular formula is C21H43NO3. The van der Waals surface area contributed by atoms with Crippen molar-refractivity contribution in [2.75, 3.05) is 19.8 Å². The molecule has 0 heterocycles. The number of hydrogen-bond acceptors (Lipinski definition) is 3. The first-order valence-electron chi connectivity index (χ1n) is 10.7. The average Bonchev–Trinajstić information content (AvgIpc) is 2.62. The molecule has 0 saturated heterocycles.